The smallest absolute Gasteiger partial charge is 0.323 e. The Morgan fingerprint density at radius 1 is 1.40 bits per heavy atom. The first-order valence-electron chi connectivity index (χ1n) is 4.72. The van der Waals surface area contributed by atoms with Crippen LogP contribution in [0.4, 0.5) is 0 Å². The summed E-state index contributed by atoms with van der Waals surface area (Å²) in [4.78, 5) is 14.9. The zero-order valence-electron chi connectivity index (χ0n) is 8.69. The van der Waals surface area contributed by atoms with Gasteiger partial charge in [-0.25, -0.2) is 4.98 Å². The second-order valence-electron chi connectivity index (χ2n) is 3.66. The number of hydrogen-bond acceptors (Lipinski definition) is 2. The minimum atomic E-state index is -0.852. The quantitative estimate of drug-likeness (QED) is 0.810. The number of aryl methyl sites for hydroxylation is 2. The molecule has 2 rings (SSSR count). The molecular weight excluding hydrogens is 192 g/mol. The van der Waals surface area contributed by atoms with Gasteiger partial charge in [0, 0.05) is 0 Å². The molecule has 4 heteroatoms. The molecule has 0 aliphatic carbocycles. The summed E-state index contributed by atoms with van der Waals surface area (Å²) in [5, 5.41) is 8.76. The summed E-state index contributed by atoms with van der Waals surface area (Å²) in [6.07, 6.45) is 1.58. The molecule has 0 bridgehead atoms. The van der Waals surface area contributed by atoms with Gasteiger partial charge in [0.05, 0.1) is 17.4 Å². The summed E-state index contributed by atoms with van der Waals surface area (Å²) in [5.74, 6) is -0.852. The minimum Gasteiger partial charge on any atom is -0.480 e. The van der Waals surface area contributed by atoms with E-state index in [1.807, 2.05) is 26.0 Å². The summed E-state index contributed by atoms with van der Waals surface area (Å²) in [6, 6.07) is 3.98. The molecule has 0 saturated carbocycles. The lowest BCUT2D eigenvalue weighted by Crippen LogP contribution is -2.07. The third-order valence-electron chi connectivity index (χ3n) is 2.47. The highest BCUT2D eigenvalue weighted by atomic mass is 16.4. The van der Waals surface area contributed by atoms with Gasteiger partial charge in [-0.05, 0) is 25.0 Å². The van der Waals surface area contributed by atoms with Crippen LogP contribution in [-0.2, 0) is 11.3 Å². The van der Waals surface area contributed by atoms with Gasteiger partial charge in [-0.1, -0.05) is 12.1 Å². The average Bonchev–Trinajstić information content (AvgIpc) is 2.56. The van der Waals surface area contributed by atoms with E-state index in [-0.39, 0.29) is 6.54 Å². The van der Waals surface area contributed by atoms with E-state index < -0.39 is 5.97 Å². The number of carbonyl (C=O) groups is 1. The second kappa shape index (κ2) is 3.38. The van der Waals surface area contributed by atoms with Crippen molar-refractivity contribution in [2.24, 2.45) is 0 Å². The lowest BCUT2D eigenvalue weighted by molar-refractivity contribution is -0.137. The van der Waals surface area contributed by atoms with Crippen LogP contribution in [0.2, 0.25) is 0 Å². The monoisotopic (exact) mass is 204 g/mol. The maximum Gasteiger partial charge on any atom is 0.323 e. The Balaban J connectivity index is 2.67. The highest BCUT2D eigenvalue weighted by Gasteiger charge is 2.09. The molecule has 0 aliphatic heterocycles. The number of carboxylic acids is 1. The van der Waals surface area contributed by atoms with Gasteiger partial charge in [0.15, 0.2) is 0 Å². The fourth-order valence-electron chi connectivity index (χ4n) is 1.76. The SMILES string of the molecule is Cc1ccc(C)c2c1ncn2CC(=O)O. The maximum atomic E-state index is 10.7. The van der Waals surface area contributed by atoms with Crippen LogP contribution in [0.3, 0.4) is 0 Å². The van der Waals surface area contributed by atoms with Crippen LogP contribution < -0.4 is 0 Å². The van der Waals surface area contributed by atoms with E-state index in [1.165, 1.54) is 0 Å². The molecule has 78 valence electrons. The van der Waals surface area contributed by atoms with E-state index in [1.54, 1.807) is 10.9 Å². The maximum absolute atomic E-state index is 10.7. The number of carboxylic acid groups (broad SMARTS) is 1. The number of aliphatic carboxylic acids is 1. The highest BCUT2D eigenvalue weighted by molar-refractivity contribution is 5.83. The van der Waals surface area contributed by atoms with Crippen molar-refractivity contribution in [3.63, 3.8) is 0 Å². The van der Waals surface area contributed by atoms with Crippen LogP contribution in [0.25, 0.3) is 11.0 Å². The lowest BCUT2D eigenvalue weighted by Gasteiger charge is -2.04. The van der Waals surface area contributed by atoms with Crippen molar-refractivity contribution in [3.8, 4) is 0 Å². The van der Waals surface area contributed by atoms with E-state index in [9.17, 15) is 4.79 Å². The van der Waals surface area contributed by atoms with Gasteiger partial charge in [-0.3, -0.25) is 4.79 Å². The van der Waals surface area contributed by atoms with E-state index in [2.05, 4.69) is 4.98 Å². The van der Waals surface area contributed by atoms with E-state index >= 15 is 0 Å². The zero-order valence-corrected chi connectivity index (χ0v) is 8.69. The Morgan fingerprint density at radius 3 is 2.73 bits per heavy atom. The Bertz CT molecular complexity index is 529. The van der Waals surface area contributed by atoms with Gasteiger partial charge in [0.1, 0.15) is 6.54 Å². The fraction of sp³-hybridized carbons (Fsp3) is 0.273. The molecule has 0 fully saturated rings. The molecule has 1 N–H and O–H groups in total. The molecule has 0 spiro atoms. The first-order chi connectivity index (χ1) is 7.09. The molecule has 2 aromatic rings. The van der Waals surface area contributed by atoms with Crippen LogP contribution in [0.1, 0.15) is 11.1 Å². The van der Waals surface area contributed by atoms with Crippen molar-refractivity contribution in [2.75, 3.05) is 0 Å². The molecule has 1 aromatic heterocycles. The Hall–Kier alpha value is -1.84. The number of aromatic nitrogens is 2. The molecule has 0 saturated heterocycles. The summed E-state index contributed by atoms with van der Waals surface area (Å²) >= 11 is 0. The predicted octanol–water partition coefficient (Wildman–Crippen LogP) is 1.74. The number of nitrogens with zero attached hydrogens (tertiary/aromatic N) is 2. The van der Waals surface area contributed by atoms with Gasteiger partial charge in [0.2, 0.25) is 0 Å². The molecule has 0 atom stereocenters. The number of fused-ring (bicyclic) bond motifs is 1. The van der Waals surface area contributed by atoms with Crippen LogP contribution in [-0.4, -0.2) is 20.6 Å². The van der Waals surface area contributed by atoms with Gasteiger partial charge in [-0.2, -0.15) is 0 Å². The molecule has 0 aliphatic rings. The van der Waals surface area contributed by atoms with Crippen molar-refractivity contribution in [2.45, 2.75) is 20.4 Å². The molecule has 0 radical (unpaired) electrons. The van der Waals surface area contributed by atoms with E-state index in [0.717, 1.165) is 22.2 Å². The number of benzene rings is 1. The van der Waals surface area contributed by atoms with Crippen molar-refractivity contribution in [1.82, 2.24) is 9.55 Å². The predicted molar refractivity (Wildman–Crippen MR) is 56.8 cm³/mol. The van der Waals surface area contributed by atoms with Crippen molar-refractivity contribution >= 4 is 17.0 Å². The van der Waals surface area contributed by atoms with Gasteiger partial charge in [-0.15, -0.1) is 0 Å². The molecule has 1 heterocycles. The summed E-state index contributed by atoms with van der Waals surface area (Å²) in [5.41, 5.74) is 3.92. The Labute approximate surface area is 87.2 Å². The van der Waals surface area contributed by atoms with Gasteiger partial charge in [0.25, 0.3) is 0 Å². The van der Waals surface area contributed by atoms with Crippen LogP contribution in [0, 0.1) is 13.8 Å². The lowest BCUT2D eigenvalue weighted by atomic mass is 10.1. The van der Waals surface area contributed by atoms with Gasteiger partial charge < -0.3 is 9.67 Å². The molecule has 0 amide bonds. The third kappa shape index (κ3) is 1.58. The molecule has 4 nitrogen and oxygen atoms in total. The largest absolute Gasteiger partial charge is 0.480 e. The number of hydrogen-bond donors (Lipinski definition) is 1. The van der Waals surface area contributed by atoms with E-state index in [4.69, 9.17) is 5.11 Å². The molecule has 0 unspecified atom stereocenters. The zero-order chi connectivity index (χ0) is 11.0. The average molecular weight is 204 g/mol. The van der Waals surface area contributed by atoms with Crippen molar-refractivity contribution in [3.05, 3.63) is 29.6 Å². The summed E-state index contributed by atoms with van der Waals surface area (Å²) < 4.78 is 1.67. The Kier molecular flexibility index (Phi) is 2.19. The molecule has 15 heavy (non-hydrogen) atoms. The summed E-state index contributed by atoms with van der Waals surface area (Å²) in [6.45, 7) is 3.89. The number of rotatable bonds is 2. The topological polar surface area (TPSA) is 55.1 Å². The molecular formula is C11H12N2O2. The van der Waals surface area contributed by atoms with Crippen LogP contribution in [0.15, 0.2) is 18.5 Å². The van der Waals surface area contributed by atoms with E-state index in [0.29, 0.717) is 0 Å². The second-order valence-corrected chi connectivity index (χ2v) is 3.66. The van der Waals surface area contributed by atoms with Gasteiger partial charge >= 0.3 is 5.97 Å². The fourth-order valence-corrected chi connectivity index (χ4v) is 1.76. The summed E-state index contributed by atoms with van der Waals surface area (Å²) in [7, 11) is 0. The standard InChI is InChI=1S/C11H12N2O2/c1-7-3-4-8(2)11-10(7)12-6-13(11)5-9(14)15/h3-4,6H,5H2,1-2H3,(H,14,15). The normalized spacial score (nSPS) is 10.8. The highest BCUT2D eigenvalue weighted by Crippen LogP contribution is 2.20. The first kappa shape index (κ1) is 9.71. The van der Waals surface area contributed by atoms with Crippen LogP contribution in [0.5, 0.6) is 0 Å². The first-order valence-corrected chi connectivity index (χ1v) is 4.72. The minimum absolute atomic E-state index is 0.0409. The van der Waals surface area contributed by atoms with Crippen molar-refractivity contribution < 1.29 is 9.90 Å². The van der Waals surface area contributed by atoms with Crippen molar-refractivity contribution in [1.29, 1.82) is 0 Å². The number of imidazole rings is 1. The molecule has 1 aromatic carbocycles. The Morgan fingerprint density at radius 2 is 2.07 bits per heavy atom. The third-order valence-corrected chi connectivity index (χ3v) is 2.47. The van der Waals surface area contributed by atoms with Crippen LogP contribution >= 0.6 is 0 Å².